The van der Waals surface area contributed by atoms with Gasteiger partial charge >= 0.3 is 0 Å². The maximum Gasteiger partial charge on any atom is 0.0467 e. The second-order valence-corrected chi connectivity index (χ2v) is 7.24. The highest BCUT2D eigenvalue weighted by Crippen LogP contribution is 2.60. The Morgan fingerprint density at radius 1 is 1.12 bits per heavy atom. The molecule has 2 saturated carbocycles. The van der Waals surface area contributed by atoms with E-state index in [1.807, 2.05) is 0 Å². The summed E-state index contributed by atoms with van der Waals surface area (Å²) in [6.45, 7) is 10.1. The molecule has 2 rings (SSSR count). The van der Waals surface area contributed by atoms with Crippen LogP contribution < -0.4 is 0 Å². The molecule has 0 aromatic rings. The van der Waals surface area contributed by atoms with Crippen LogP contribution in [0.15, 0.2) is 0 Å². The van der Waals surface area contributed by atoms with Gasteiger partial charge in [-0.2, -0.15) is 0 Å². The van der Waals surface area contributed by atoms with Gasteiger partial charge in [0.25, 0.3) is 0 Å². The van der Waals surface area contributed by atoms with Crippen LogP contribution in [0.1, 0.15) is 59.8 Å². The Morgan fingerprint density at radius 3 is 2.44 bits per heavy atom. The number of rotatable bonds is 1. The highest BCUT2D eigenvalue weighted by Gasteiger charge is 2.53. The van der Waals surface area contributed by atoms with E-state index in [9.17, 15) is 5.11 Å². The lowest BCUT2D eigenvalue weighted by Crippen LogP contribution is -2.52. The summed E-state index contributed by atoms with van der Waals surface area (Å²) in [6.07, 6.45) is 6.75. The number of fused-ring (bicyclic) bond motifs is 1. The highest BCUT2D eigenvalue weighted by molar-refractivity contribution is 5.02. The summed E-state index contributed by atoms with van der Waals surface area (Å²) in [5.41, 5.74) is 0.884. The molecule has 1 heteroatoms. The van der Waals surface area contributed by atoms with Gasteiger partial charge in [0.05, 0.1) is 0 Å². The van der Waals surface area contributed by atoms with E-state index in [-0.39, 0.29) is 0 Å². The van der Waals surface area contributed by atoms with Crippen molar-refractivity contribution in [2.75, 3.05) is 6.61 Å². The molecule has 94 valence electrons. The van der Waals surface area contributed by atoms with Crippen LogP contribution in [0.5, 0.6) is 0 Å². The lowest BCUT2D eigenvalue weighted by atomic mass is 9.47. The molecule has 2 aliphatic carbocycles. The van der Waals surface area contributed by atoms with Crippen molar-refractivity contribution in [3.05, 3.63) is 0 Å². The zero-order valence-corrected chi connectivity index (χ0v) is 11.4. The van der Waals surface area contributed by atoms with E-state index >= 15 is 0 Å². The second-order valence-electron chi connectivity index (χ2n) is 7.24. The van der Waals surface area contributed by atoms with E-state index in [1.54, 1.807) is 0 Å². The van der Waals surface area contributed by atoms with Crippen molar-refractivity contribution in [1.29, 1.82) is 0 Å². The van der Waals surface area contributed by atoms with Gasteiger partial charge in [0.15, 0.2) is 0 Å². The molecule has 0 unspecified atom stereocenters. The lowest BCUT2D eigenvalue weighted by Gasteiger charge is -2.58. The Balaban J connectivity index is 2.31. The van der Waals surface area contributed by atoms with Crippen LogP contribution in [0.2, 0.25) is 0 Å². The molecule has 0 aliphatic heterocycles. The van der Waals surface area contributed by atoms with Crippen molar-refractivity contribution in [3.63, 3.8) is 0 Å². The molecule has 0 aromatic heterocycles. The van der Waals surface area contributed by atoms with Gasteiger partial charge in [-0.05, 0) is 47.8 Å². The number of hydrogen-bond donors (Lipinski definition) is 1. The van der Waals surface area contributed by atoms with Gasteiger partial charge in [0.1, 0.15) is 0 Å². The number of aliphatic hydroxyl groups excluding tert-OH is 1. The van der Waals surface area contributed by atoms with Crippen LogP contribution in [0.3, 0.4) is 0 Å². The van der Waals surface area contributed by atoms with Gasteiger partial charge in [-0.15, -0.1) is 0 Å². The molecule has 0 amide bonds. The molecule has 0 heterocycles. The van der Waals surface area contributed by atoms with Crippen molar-refractivity contribution in [2.24, 2.45) is 28.6 Å². The molecule has 4 atom stereocenters. The van der Waals surface area contributed by atoms with E-state index in [0.29, 0.717) is 29.3 Å². The van der Waals surface area contributed by atoms with Crippen molar-refractivity contribution >= 4 is 0 Å². The molecule has 0 saturated heterocycles. The first-order valence-electron chi connectivity index (χ1n) is 7.02. The summed E-state index contributed by atoms with van der Waals surface area (Å²) < 4.78 is 0. The van der Waals surface area contributed by atoms with Crippen LogP contribution in [0.4, 0.5) is 0 Å². The Kier molecular flexibility index (Phi) is 3.11. The largest absolute Gasteiger partial charge is 0.396 e. The average molecular weight is 224 g/mol. The van der Waals surface area contributed by atoms with Gasteiger partial charge < -0.3 is 5.11 Å². The first-order chi connectivity index (χ1) is 7.42. The molecule has 1 nitrogen and oxygen atoms in total. The molecule has 0 bridgehead atoms. The minimum Gasteiger partial charge on any atom is -0.396 e. The summed E-state index contributed by atoms with van der Waals surface area (Å²) in [6, 6.07) is 0. The summed E-state index contributed by atoms with van der Waals surface area (Å²) >= 11 is 0. The third kappa shape index (κ3) is 1.72. The van der Waals surface area contributed by atoms with Crippen LogP contribution >= 0.6 is 0 Å². The van der Waals surface area contributed by atoms with Gasteiger partial charge in [0.2, 0.25) is 0 Å². The molecule has 0 radical (unpaired) electrons. The Labute approximate surface area is 101 Å². The van der Waals surface area contributed by atoms with E-state index in [0.717, 1.165) is 5.92 Å². The summed E-state index contributed by atoms with van der Waals surface area (Å²) in [5, 5.41) is 9.74. The van der Waals surface area contributed by atoms with Gasteiger partial charge in [-0.25, -0.2) is 0 Å². The first kappa shape index (κ1) is 12.4. The minimum atomic E-state index is 0.393. The SMILES string of the molecule is C[C@H]1CC[C@H]2C(C)(C)CCC[C@@]2(C)[C@H]1CO. The Hall–Kier alpha value is -0.0400. The fourth-order valence-electron chi connectivity index (χ4n) is 5.00. The Morgan fingerprint density at radius 2 is 1.81 bits per heavy atom. The van der Waals surface area contributed by atoms with Crippen LogP contribution in [-0.4, -0.2) is 11.7 Å². The maximum atomic E-state index is 9.74. The molecule has 2 fully saturated rings. The number of aliphatic hydroxyl groups is 1. The second kappa shape index (κ2) is 4.01. The fraction of sp³-hybridized carbons (Fsp3) is 1.00. The van der Waals surface area contributed by atoms with Crippen LogP contribution in [0, 0.1) is 28.6 Å². The van der Waals surface area contributed by atoms with E-state index < -0.39 is 0 Å². The topological polar surface area (TPSA) is 20.2 Å². The van der Waals surface area contributed by atoms with E-state index in [1.165, 1.54) is 32.1 Å². The smallest absolute Gasteiger partial charge is 0.0467 e. The predicted octanol–water partition coefficient (Wildman–Crippen LogP) is 3.86. The Bertz CT molecular complexity index is 258. The summed E-state index contributed by atoms with van der Waals surface area (Å²) in [4.78, 5) is 0. The van der Waals surface area contributed by atoms with Crippen molar-refractivity contribution in [3.8, 4) is 0 Å². The summed E-state index contributed by atoms with van der Waals surface area (Å²) in [7, 11) is 0. The zero-order chi connectivity index (χ0) is 12.0. The van der Waals surface area contributed by atoms with Crippen molar-refractivity contribution in [2.45, 2.75) is 59.8 Å². The van der Waals surface area contributed by atoms with Crippen molar-refractivity contribution in [1.82, 2.24) is 0 Å². The molecular weight excluding hydrogens is 196 g/mol. The first-order valence-corrected chi connectivity index (χ1v) is 7.02. The molecule has 2 aliphatic rings. The molecule has 0 spiro atoms. The third-order valence-corrected chi connectivity index (χ3v) is 5.92. The summed E-state index contributed by atoms with van der Waals surface area (Å²) in [5.74, 6) is 2.06. The minimum absolute atomic E-state index is 0.393. The van der Waals surface area contributed by atoms with Gasteiger partial charge in [-0.3, -0.25) is 0 Å². The van der Waals surface area contributed by atoms with Crippen molar-refractivity contribution < 1.29 is 5.11 Å². The highest BCUT2D eigenvalue weighted by atomic mass is 16.3. The van der Waals surface area contributed by atoms with E-state index in [2.05, 4.69) is 27.7 Å². The van der Waals surface area contributed by atoms with Gasteiger partial charge in [-0.1, -0.05) is 40.5 Å². The fourth-order valence-corrected chi connectivity index (χ4v) is 5.00. The van der Waals surface area contributed by atoms with Crippen LogP contribution in [-0.2, 0) is 0 Å². The third-order valence-electron chi connectivity index (χ3n) is 5.92. The monoisotopic (exact) mass is 224 g/mol. The average Bonchev–Trinajstić information content (AvgIpc) is 2.15. The zero-order valence-electron chi connectivity index (χ0n) is 11.4. The molecular formula is C15H28O. The normalized spacial score (nSPS) is 47.4. The number of hydrogen-bond acceptors (Lipinski definition) is 1. The quantitative estimate of drug-likeness (QED) is 0.717. The lowest BCUT2D eigenvalue weighted by molar-refractivity contribution is -0.108. The maximum absolute atomic E-state index is 9.74. The van der Waals surface area contributed by atoms with Gasteiger partial charge in [0, 0.05) is 6.61 Å². The standard InChI is InChI=1S/C15H28O/c1-11-6-7-13-14(2,3)8-5-9-15(13,4)12(11)10-16/h11-13,16H,5-10H2,1-4H3/t11-,12-,13-,15-/m0/s1. The molecule has 0 aromatic carbocycles. The van der Waals surface area contributed by atoms with E-state index in [4.69, 9.17) is 0 Å². The van der Waals surface area contributed by atoms with Crippen LogP contribution in [0.25, 0.3) is 0 Å². The predicted molar refractivity (Wildman–Crippen MR) is 68.2 cm³/mol. The molecule has 1 N–H and O–H groups in total. The molecule has 16 heavy (non-hydrogen) atoms.